The van der Waals surface area contributed by atoms with E-state index in [1.54, 1.807) is 7.11 Å². The van der Waals surface area contributed by atoms with Crippen molar-refractivity contribution >= 4 is 0 Å². The summed E-state index contributed by atoms with van der Waals surface area (Å²) >= 11 is 0. The maximum atomic E-state index is 6.35. The number of aryl methyl sites for hydroxylation is 1. The van der Waals surface area contributed by atoms with Gasteiger partial charge in [0.1, 0.15) is 0 Å². The molecule has 108 valence electrons. The second-order valence-electron chi connectivity index (χ2n) is 5.27. The van der Waals surface area contributed by atoms with Crippen molar-refractivity contribution < 1.29 is 4.74 Å². The van der Waals surface area contributed by atoms with Crippen LogP contribution in [0.25, 0.3) is 0 Å². The normalized spacial score (nSPS) is 14.6. The van der Waals surface area contributed by atoms with E-state index in [1.165, 1.54) is 11.1 Å². The number of hydrogen-bond acceptors (Lipinski definition) is 3. The van der Waals surface area contributed by atoms with E-state index in [4.69, 9.17) is 10.5 Å². The van der Waals surface area contributed by atoms with Gasteiger partial charge in [-0.15, -0.1) is 0 Å². The molecule has 1 aromatic rings. The molecule has 0 bridgehead atoms. The number of ether oxygens (including phenoxy) is 1. The summed E-state index contributed by atoms with van der Waals surface area (Å²) in [6.45, 7) is 9.13. The molecule has 1 rings (SSSR count). The average molecular weight is 264 g/mol. The van der Waals surface area contributed by atoms with Crippen molar-refractivity contribution in [3.63, 3.8) is 0 Å². The molecular weight excluding hydrogens is 236 g/mol. The number of nitrogens with two attached hydrogens (primary N) is 1. The largest absolute Gasteiger partial charge is 0.383 e. The molecule has 0 heterocycles. The number of rotatable bonds is 8. The summed E-state index contributed by atoms with van der Waals surface area (Å²) in [5, 5.41) is 0. The second kappa shape index (κ2) is 8.31. The zero-order chi connectivity index (χ0) is 14.3. The molecule has 0 spiro atoms. The van der Waals surface area contributed by atoms with Crippen molar-refractivity contribution in [3.8, 4) is 0 Å². The van der Waals surface area contributed by atoms with Gasteiger partial charge in [-0.3, -0.25) is 4.90 Å². The number of nitrogens with zero attached hydrogens (tertiary/aromatic N) is 1. The first-order valence-corrected chi connectivity index (χ1v) is 7.13. The Hall–Kier alpha value is -0.900. The predicted octanol–water partition coefficient (Wildman–Crippen LogP) is 2.74. The van der Waals surface area contributed by atoms with Crippen LogP contribution in [0.15, 0.2) is 24.3 Å². The Kier molecular flexibility index (Phi) is 7.06. The Morgan fingerprint density at radius 2 is 2.11 bits per heavy atom. The smallest absolute Gasteiger partial charge is 0.0589 e. The van der Waals surface area contributed by atoms with Gasteiger partial charge in [0.25, 0.3) is 0 Å². The molecule has 2 N–H and O–H groups in total. The molecule has 1 aromatic carbocycles. The van der Waals surface area contributed by atoms with Crippen LogP contribution in [0.4, 0.5) is 0 Å². The van der Waals surface area contributed by atoms with Crippen molar-refractivity contribution in [2.75, 3.05) is 26.8 Å². The molecule has 0 amide bonds. The Bertz CT molecular complexity index is 368. The van der Waals surface area contributed by atoms with E-state index in [1.807, 2.05) is 0 Å². The summed E-state index contributed by atoms with van der Waals surface area (Å²) in [4.78, 5) is 2.41. The zero-order valence-corrected chi connectivity index (χ0v) is 12.7. The minimum atomic E-state index is 0.0609. The van der Waals surface area contributed by atoms with Gasteiger partial charge in [-0.25, -0.2) is 0 Å². The van der Waals surface area contributed by atoms with Crippen molar-refractivity contribution in [3.05, 3.63) is 35.4 Å². The molecule has 0 aliphatic heterocycles. The SMILES string of the molecule is CCC(C)N(CCOC)CC(N)c1cccc(C)c1. The summed E-state index contributed by atoms with van der Waals surface area (Å²) in [6.07, 6.45) is 1.13. The molecule has 0 saturated carbocycles. The van der Waals surface area contributed by atoms with Gasteiger partial charge in [0.2, 0.25) is 0 Å². The molecule has 2 unspecified atom stereocenters. The third kappa shape index (κ3) is 5.31. The van der Waals surface area contributed by atoms with E-state index in [0.29, 0.717) is 6.04 Å². The molecule has 0 radical (unpaired) electrons. The Labute approximate surface area is 117 Å². The summed E-state index contributed by atoms with van der Waals surface area (Å²) in [5.41, 5.74) is 8.82. The number of hydrogen-bond donors (Lipinski definition) is 1. The molecule has 0 saturated heterocycles. The van der Waals surface area contributed by atoms with E-state index in [-0.39, 0.29) is 6.04 Å². The molecular formula is C16H28N2O. The van der Waals surface area contributed by atoms with Gasteiger partial charge in [-0.05, 0) is 25.8 Å². The fourth-order valence-corrected chi connectivity index (χ4v) is 2.22. The van der Waals surface area contributed by atoms with Crippen LogP contribution in [-0.2, 0) is 4.74 Å². The third-order valence-corrected chi connectivity index (χ3v) is 3.70. The van der Waals surface area contributed by atoms with Gasteiger partial charge >= 0.3 is 0 Å². The molecule has 19 heavy (non-hydrogen) atoms. The number of benzene rings is 1. The summed E-state index contributed by atoms with van der Waals surface area (Å²) in [7, 11) is 1.75. The standard InChI is InChI=1S/C16H28N2O/c1-5-14(3)18(9-10-19-4)12-16(17)15-8-6-7-13(2)11-15/h6-8,11,14,16H,5,9-10,12,17H2,1-4H3. The van der Waals surface area contributed by atoms with Gasteiger partial charge in [0.05, 0.1) is 6.61 Å². The van der Waals surface area contributed by atoms with Gasteiger partial charge < -0.3 is 10.5 Å². The fraction of sp³-hybridized carbons (Fsp3) is 0.625. The zero-order valence-electron chi connectivity index (χ0n) is 12.7. The summed E-state index contributed by atoms with van der Waals surface area (Å²) < 4.78 is 5.19. The van der Waals surface area contributed by atoms with Crippen LogP contribution in [0.1, 0.15) is 37.4 Å². The first-order chi connectivity index (χ1) is 9.08. The minimum absolute atomic E-state index is 0.0609. The first kappa shape index (κ1) is 16.2. The van der Waals surface area contributed by atoms with E-state index in [0.717, 1.165) is 26.1 Å². The fourth-order valence-electron chi connectivity index (χ4n) is 2.22. The molecule has 0 aliphatic carbocycles. The van der Waals surface area contributed by atoms with Crippen LogP contribution in [0.2, 0.25) is 0 Å². The van der Waals surface area contributed by atoms with Crippen molar-refractivity contribution in [1.82, 2.24) is 4.90 Å². The van der Waals surface area contributed by atoms with Crippen LogP contribution in [0.5, 0.6) is 0 Å². The van der Waals surface area contributed by atoms with E-state index >= 15 is 0 Å². The molecule has 0 aliphatic rings. The van der Waals surface area contributed by atoms with E-state index in [9.17, 15) is 0 Å². The lowest BCUT2D eigenvalue weighted by Crippen LogP contribution is -2.40. The maximum absolute atomic E-state index is 6.35. The molecule has 3 nitrogen and oxygen atoms in total. The molecule has 3 heteroatoms. The molecule has 0 fully saturated rings. The van der Waals surface area contributed by atoms with Crippen LogP contribution in [-0.4, -0.2) is 37.7 Å². The third-order valence-electron chi connectivity index (χ3n) is 3.70. The van der Waals surface area contributed by atoms with Crippen LogP contribution < -0.4 is 5.73 Å². The van der Waals surface area contributed by atoms with E-state index in [2.05, 4.69) is 49.9 Å². The van der Waals surface area contributed by atoms with Gasteiger partial charge in [-0.2, -0.15) is 0 Å². The lowest BCUT2D eigenvalue weighted by atomic mass is 10.0. The Balaban J connectivity index is 2.66. The quantitative estimate of drug-likeness (QED) is 0.784. The highest BCUT2D eigenvalue weighted by molar-refractivity contribution is 5.25. The second-order valence-corrected chi connectivity index (χ2v) is 5.27. The average Bonchev–Trinajstić information content (AvgIpc) is 2.42. The molecule has 0 aromatic heterocycles. The monoisotopic (exact) mass is 264 g/mol. The van der Waals surface area contributed by atoms with Crippen LogP contribution >= 0.6 is 0 Å². The Morgan fingerprint density at radius 1 is 1.37 bits per heavy atom. The Morgan fingerprint density at radius 3 is 2.68 bits per heavy atom. The topological polar surface area (TPSA) is 38.5 Å². The lowest BCUT2D eigenvalue weighted by Gasteiger charge is -2.30. The highest BCUT2D eigenvalue weighted by atomic mass is 16.5. The van der Waals surface area contributed by atoms with Crippen LogP contribution in [0.3, 0.4) is 0 Å². The highest BCUT2D eigenvalue weighted by Crippen LogP contribution is 2.15. The first-order valence-electron chi connectivity index (χ1n) is 7.13. The van der Waals surface area contributed by atoms with Crippen molar-refractivity contribution in [2.45, 2.75) is 39.3 Å². The van der Waals surface area contributed by atoms with Gasteiger partial charge in [0, 0.05) is 32.3 Å². The van der Waals surface area contributed by atoms with Crippen LogP contribution in [0, 0.1) is 6.92 Å². The number of methoxy groups -OCH3 is 1. The van der Waals surface area contributed by atoms with Gasteiger partial charge in [0.15, 0.2) is 0 Å². The summed E-state index contributed by atoms with van der Waals surface area (Å²) in [5.74, 6) is 0. The lowest BCUT2D eigenvalue weighted by molar-refractivity contribution is 0.118. The minimum Gasteiger partial charge on any atom is -0.383 e. The van der Waals surface area contributed by atoms with Crippen molar-refractivity contribution in [2.24, 2.45) is 5.73 Å². The maximum Gasteiger partial charge on any atom is 0.0589 e. The van der Waals surface area contributed by atoms with Crippen molar-refractivity contribution in [1.29, 1.82) is 0 Å². The predicted molar refractivity (Wildman–Crippen MR) is 81.3 cm³/mol. The van der Waals surface area contributed by atoms with E-state index < -0.39 is 0 Å². The highest BCUT2D eigenvalue weighted by Gasteiger charge is 2.16. The molecule has 2 atom stereocenters. The summed E-state index contributed by atoms with van der Waals surface area (Å²) in [6, 6.07) is 9.07. The van der Waals surface area contributed by atoms with Gasteiger partial charge in [-0.1, -0.05) is 36.8 Å².